The van der Waals surface area contributed by atoms with E-state index in [9.17, 15) is 4.79 Å². The summed E-state index contributed by atoms with van der Waals surface area (Å²) in [6, 6.07) is 7.25. The molecule has 0 saturated carbocycles. The molecule has 1 aromatic carbocycles. The van der Waals surface area contributed by atoms with Gasteiger partial charge in [0.25, 0.3) is 5.91 Å². The topological polar surface area (TPSA) is 47.6 Å². The Morgan fingerprint density at radius 2 is 1.91 bits per heavy atom. The summed E-state index contributed by atoms with van der Waals surface area (Å²) in [7, 11) is 3.12. The lowest BCUT2D eigenvalue weighted by molar-refractivity contribution is 0.0936. The molecule has 0 aliphatic rings. The van der Waals surface area contributed by atoms with Crippen LogP contribution in [-0.4, -0.2) is 20.1 Å². The molecule has 1 atom stereocenters. The van der Waals surface area contributed by atoms with Gasteiger partial charge in [-0.15, -0.1) is 11.3 Å². The molecule has 0 aliphatic carbocycles. The number of nitrogens with one attached hydrogen (secondary N) is 1. The van der Waals surface area contributed by atoms with Crippen LogP contribution in [0.25, 0.3) is 0 Å². The van der Waals surface area contributed by atoms with Crippen molar-refractivity contribution in [2.24, 2.45) is 0 Å². The van der Waals surface area contributed by atoms with Crippen LogP contribution >= 0.6 is 11.3 Å². The fourth-order valence-corrected chi connectivity index (χ4v) is 3.45. The van der Waals surface area contributed by atoms with Crippen LogP contribution in [0.5, 0.6) is 11.5 Å². The molecule has 0 saturated heterocycles. The highest BCUT2D eigenvalue weighted by Crippen LogP contribution is 2.28. The minimum absolute atomic E-state index is 0.0617. The highest BCUT2D eigenvalue weighted by atomic mass is 32.1. The van der Waals surface area contributed by atoms with Gasteiger partial charge in [0.05, 0.1) is 25.8 Å². The average molecular weight is 319 g/mol. The number of amides is 1. The number of ether oxygens (including phenoxy) is 2. The van der Waals surface area contributed by atoms with Crippen LogP contribution in [0, 0.1) is 13.8 Å². The molecule has 1 N–H and O–H groups in total. The van der Waals surface area contributed by atoms with E-state index in [0.717, 1.165) is 5.56 Å². The number of carbonyl (C=O) groups excluding carboxylic acids is 1. The maximum atomic E-state index is 12.6. The minimum Gasteiger partial charge on any atom is -0.497 e. The first-order chi connectivity index (χ1) is 10.5. The molecule has 0 spiro atoms. The van der Waals surface area contributed by atoms with Gasteiger partial charge in [-0.05, 0) is 50.6 Å². The Morgan fingerprint density at radius 1 is 1.18 bits per heavy atom. The Labute approximate surface area is 135 Å². The van der Waals surface area contributed by atoms with Crippen LogP contribution in [0.4, 0.5) is 0 Å². The van der Waals surface area contributed by atoms with Crippen molar-refractivity contribution in [3.05, 3.63) is 45.1 Å². The number of benzene rings is 1. The predicted molar refractivity (Wildman–Crippen MR) is 89.2 cm³/mol. The first-order valence-electron chi connectivity index (χ1n) is 7.06. The van der Waals surface area contributed by atoms with E-state index < -0.39 is 0 Å². The molecule has 1 heterocycles. The summed E-state index contributed by atoms with van der Waals surface area (Å²) in [5.74, 6) is 0.983. The van der Waals surface area contributed by atoms with Crippen molar-refractivity contribution in [1.29, 1.82) is 0 Å². The highest BCUT2D eigenvalue weighted by molar-refractivity contribution is 7.12. The molecule has 5 heteroatoms. The summed E-state index contributed by atoms with van der Waals surface area (Å²) in [4.78, 5) is 15.0. The van der Waals surface area contributed by atoms with Crippen molar-refractivity contribution in [2.45, 2.75) is 26.8 Å². The third-order valence-electron chi connectivity index (χ3n) is 3.54. The van der Waals surface area contributed by atoms with Gasteiger partial charge in [0.1, 0.15) is 11.5 Å². The first-order valence-corrected chi connectivity index (χ1v) is 7.87. The van der Waals surface area contributed by atoms with Crippen LogP contribution in [-0.2, 0) is 0 Å². The molecule has 0 fully saturated rings. The molecule has 2 aromatic rings. The van der Waals surface area contributed by atoms with Crippen LogP contribution in [0.2, 0.25) is 0 Å². The number of carbonyl (C=O) groups is 1. The lowest BCUT2D eigenvalue weighted by Crippen LogP contribution is -2.27. The fraction of sp³-hybridized carbons (Fsp3) is 0.353. The van der Waals surface area contributed by atoms with Gasteiger partial charge in [-0.2, -0.15) is 0 Å². The van der Waals surface area contributed by atoms with E-state index in [1.54, 1.807) is 43.8 Å². The zero-order valence-corrected chi connectivity index (χ0v) is 14.3. The van der Waals surface area contributed by atoms with Crippen LogP contribution in [0.3, 0.4) is 0 Å². The maximum Gasteiger partial charge on any atom is 0.255 e. The van der Waals surface area contributed by atoms with Gasteiger partial charge in [0.2, 0.25) is 0 Å². The molecule has 0 aliphatic heterocycles. The highest BCUT2D eigenvalue weighted by Gasteiger charge is 2.18. The van der Waals surface area contributed by atoms with E-state index in [2.05, 4.69) is 25.2 Å². The largest absolute Gasteiger partial charge is 0.497 e. The van der Waals surface area contributed by atoms with Crippen molar-refractivity contribution in [1.82, 2.24) is 5.32 Å². The van der Waals surface area contributed by atoms with E-state index in [4.69, 9.17) is 9.47 Å². The van der Waals surface area contributed by atoms with E-state index in [-0.39, 0.29) is 11.9 Å². The van der Waals surface area contributed by atoms with E-state index in [0.29, 0.717) is 17.1 Å². The molecule has 2 rings (SSSR count). The van der Waals surface area contributed by atoms with Gasteiger partial charge in [-0.1, -0.05) is 0 Å². The van der Waals surface area contributed by atoms with Crippen molar-refractivity contribution in [2.75, 3.05) is 14.2 Å². The minimum atomic E-state index is -0.175. The third kappa shape index (κ3) is 3.42. The van der Waals surface area contributed by atoms with Crippen molar-refractivity contribution >= 4 is 17.2 Å². The van der Waals surface area contributed by atoms with Crippen LogP contribution < -0.4 is 14.8 Å². The Hall–Kier alpha value is -2.01. The Bertz CT molecular complexity index is 679. The van der Waals surface area contributed by atoms with Gasteiger partial charge in [0.15, 0.2) is 0 Å². The lowest BCUT2D eigenvalue weighted by Gasteiger charge is -2.16. The molecule has 1 aromatic heterocycles. The van der Waals surface area contributed by atoms with Crippen LogP contribution in [0.1, 0.15) is 38.6 Å². The second kappa shape index (κ2) is 6.83. The molecule has 4 nitrogen and oxygen atoms in total. The van der Waals surface area contributed by atoms with Gasteiger partial charge >= 0.3 is 0 Å². The monoisotopic (exact) mass is 319 g/mol. The summed E-state index contributed by atoms with van der Waals surface area (Å²) in [5.41, 5.74) is 1.62. The second-order valence-electron chi connectivity index (χ2n) is 5.13. The van der Waals surface area contributed by atoms with E-state index in [1.165, 1.54) is 9.75 Å². The maximum absolute atomic E-state index is 12.6. The molecule has 1 unspecified atom stereocenters. The van der Waals surface area contributed by atoms with E-state index in [1.807, 2.05) is 6.92 Å². The van der Waals surface area contributed by atoms with Crippen LogP contribution in [0.15, 0.2) is 24.3 Å². The number of rotatable bonds is 5. The third-order valence-corrected chi connectivity index (χ3v) is 4.53. The Morgan fingerprint density at radius 3 is 2.45 bits per heavy atom. The molecular formula is C17H21NO3S. The zero-order valence-electron chi connectivity index (χ0n) is 13.5. The molecule has 1 amide bonds. The molecule has 118 valence electrons. The number of methoxy groups -OCH3 is 2. The molecule has 0 bridgehead atoms. The average Bonchev–Trinajstić information content (AvgIpc) is 2.85. The summed E-state index contributed by atoms with van der Waals surface area (Å²) >= 11 is 1.74. The fourth-order valence-electron chi connectivity index (χ4n) is 2.42. The standard InChI is InChI=1S/C17H21NO3S/c1-10-8-14(12(3)22-10)11(2)18-17(19)15-9-13(20-4)6-7-16(15)21-5/h6-9,11H,1-5H3,(H,18,19). The summed E-state index contributed by atoms with van der Waals surface area (Å²) < 4.78 is 10.4. The lowest BCUT2D eigenvalue weighted by atomic mass is 10.1. The Kier molecular flexibility index (Phi) is 5.08. The number of thiophene rings is 1. The summed E-state index contributed by atoms with van der Waals surface area (Å²) in [6.07, 6.45) is 0. The SMILES string of the molecule is COc1ccc(OC)c(C(=O)NC(C)c2cc(C)sc2C)c1. The van der Waals surface area contributed by atoms with Gasteiger partial charge in [-0.25, -0.2) is 0 Å². The van der Waals surface area contributed by atoms with Gasteiger partial charge in [-0.3, -0.25) is 4.79 Å². The predicted octanol–water partition coefficient (Wildman–Crippen LogP) is 3.87. The summed E-state index contributed by atoms with van der Waals surface area (Å²) in [5, 5.41) is 3.02. The number of hydrogen-bond acceptors (Lipinski definition) is 4. The normalized spacial score (nSPS) is 11.9. The van der Waals surface area contributed by atoms with Gasteiger partial charge < -0.3 is 14.8 Å². The van der Waals surface area contributed by atoms with Crippen molar-refractivity contribution in [3.8, 4) is 11.5 Å². The zero-order chi connectivity index (χ0) is 16.3. The van der Waals surface area contributed by atoms with Crippen molar-refractivity contribution in [3.63, 3.8) is 0 Å². The van der Waals surface area contributed by atoms with Crippen molar-refractivity contribution < 1.29 is 14.3 Å². The van der Waals surface area contributed by atoms with Gasteiger partial charge in [0, 0.05) is 9.75 Å². The molecule has 0 radical (unpaired) electrons. The smallest absolute Gasteiger partial charge is 0.255 e. The number of hydrogen-bond donors (Lipinski definition) is 1. The Balaban J connectivity index is 2.23. The second-order valence-corrected chi connectivity index (χ2v) is 6.59. The quantitative estimate of drug-likeness (QED) is 0.910. The number of aryl methyl sites for hydroxylation is 2. The molecular weight excluding hydrogens is 298 g/mol. The van der Waals surface area contributed by atoms with E-state index >= 15 is 0 Å². The first kappa shape index (κ1) is 16.4. The molecule has 22 heavy (non-hydrogen) atoms. The summed E-state index contributed by atoms with van der Waals surface area (Å²) in [6.45, 7) is 6.13.